The summed E-state index contributed by atoms with van der Waals surface area (Å²) in [4.78, 5) is 26.1. The highest BCUT2D eigenvalue weighted by Crippen LogP contribution is 2.39. The zero-order chi connectivity index (χ0) is 22.0. The molecular weight excluding hydrogens is 458 g/mol. The largest absolute Gasteiger partial charge is 0.488 e. The molecule has 1 aliphatic rings. The van der Waals surface area contributed by atoms with Gasteiger partial charge in [-0.05, 0) is 48.0 Å². The third-order valence-electron chi connectivity index (χ3n) is 5.13. The number of rotatable bonds is 5. The molecule has 31 heavy (non-hydrogen) atoms. The van der Waals surface area contributed by atoms with E-state index >= 15 is 0 Å². The molecule has 0 aliphatic carbocycles. The maximum absolute atomic E-state index is 12.8. The van der Waals surface area contributed by atoms with Gasteiger partial charge in [0.25, 0.3) is 5.91 Å². The molecule has 0 fully saturated rings. The number of halogens is 1. The molecule has 1 heterocycles. The summed E-state index contributed by atoms with van der Waals surface area (Å²) in [6.45, 7) is 0.331. The molecule has 156 valence electrons. The highest BCUT2D eigenvalue weighted by molar-refractivity contribution is 9.10. The zero-order valence-electron chi connectivity index (χ0n) is 17.1. The van der Waals surface area contributed by atoms with E-state index in [1.807, 2.05) is 60.7 Å². The van der Waals surface area contributed by atoms with E-state index < -0.39 is 0 Å². The van der Waals surface area contributed by atoms with Crippen molar-refractivity contribution in [3.05, 3.63) is 93.5 Å². The van der Waals surface area contributed by atoms with Crippen molar-refractivity contribution >= 4 is 45.1 Å². The third kappa shape index (κ3) is 4.25. The predicted octanol–water partition coefficient (Wildman–Crippen LogP) is 5.33. The first kappa shape index (κ1) is 20.9. The number of benzene rings is 3. The molecule has 3 aromatic carbocycles. The minimum Gasteiger partial charge on any atom is -0.488 e. The van der Waals surface area contributed by atoms with Crippen LogP contribution in [0.15, 0.2) is 71.2 Å². The lowest BCUT2D eigenvalue weighted by Crippen LogP contribution is -2.20. The van der Waals surface area contributed by atoms with E-state index in [2.05, 4.69) is 15.9 Å². The molecule has 3 aromatic rings. The Morgan fingerprint density at radius 3 is 2.55 bits per heavy atom. The standard InChI is InChI=1S/C25H20BrNO4/c1-27-22-12-11-19(26)14-20(22)21(24(27)28)13-18-5-3-4-6-23(18)31-15-16-7-9-17(10-8-16)25(29)30-2/h3-14H,15H2,1-2H3/b21-13+. The van der Waals surface area contributed by atoms with Gasteiger partial charge in [-0.2, -0.15) is 0 Å². The molecule has 0 aromatic heterocycles. The number of hydrogen-bond donors (Lipinski definition) is 0. The maximum Gasteiger partial charge on any atom is 0.337 e. The number of amides is 1. The number of carbonyl (C=O) groups is 2. The van der Waals surface area contributed by atoms with Crippen LogP contribution in [0, 0.1) is 0 Å². The van der Waals surface area contributed by atoms with Crippen molar-refractivity contribution in [1.29, 1.82) is 0 Å². The zero-order valence-corrected chi connectivity index (χ0v) is 18.7. The lowest BCUT2D eigenvalue weighted by atomic mass is 10.0. The topological polar surface area (TPSA) is 55.8 Å². The average Bonchev–Trinajstić information content (AvgIpc) is 3.02. The first-order valence-electron chi connectivity index (χ1n) is 9.66. The Bertz CT molecular complexity index is 1180. The van der Waals surface area contributed by atoms with Crippen LogP contribution in [-0.4, -0.2) is 26.0 Å². The SMILES string of the molecule is COC(=O)c1ccc(COc2ccccc2/C=C2/C(=O)N(C)c3ccc(Br)cc32)cc1. The van der Waals surface area contributed by atoms with Gasteiger partial charge in [0.05, 0.1) is 18.4 Å². The number of para-hydroxylation sites is 1. The Balaban J connectivity index is 1.59. The molecule has 6 heteroatoms. The van der Waals surface area contributed by atoms with Crippen molar-refractivity contribution in [2.24, 2.45) is 0 Å². The van der Waals surface area contributed by atoms with Gasteiger partial charge in [-0.15, -0.1) is 0 Å². The van der Waals surface area contributed by atoms with Crippen LogP contribution in [-0.2, 0) is 16.1 Å². The van der Waals surface area contributed by atoms with E-state index in [0.717, 1.165) is 26.9 Å². The predicted molar refractivity (Wildman–Crippen MR) is 124 cm³/mol. The maximum atomic E-state index is 12.8. The second-order valence-electron chi connectivity index (χ2n) is 7.10. The summed E-state index contributed by atoms with van der Waals surface area (Å²) in [6.07, 6.45) is 1.87. The van der Waals surface area contributed by atoms with Gasteiger partial charge in [0, 0.05) is 28.2 Å². The van der Waals surface area contributed by atoms with Crippen molar-refractivity contribution in [3.8, 4) is 5.75 Å². The Kier molecular flexibility index (Phi) is 5.91. The molecule has 0 atom stereocenters. The summed E-state index contributed by atoms with van der Waals surface area (Å²) >= 11 is 3.49. The number of esters is 1. The summed E-state index contributed by atoms with van der Waals surface area (Å²) in [7, 11) is 3.13. The number of nitrogens with zero attached hydrogens (tertiary/aromatic N) is 1. The Morgan fingerprint density at radius 2 is 1.81 bits per heavy atom. The molecular formula is C25H20BrNO4. The number of methoxy groups -OCH3 is 1. The van der Waals surface area contributed by atoms with E-state index in [0.29, 0.717) is 23.5 Å². The third-order valence-corrected chi connectivity index (χ3v) is 5.63. The van der Waals surface area contributed by atoms with Crippen molar-refractivity contribution in [2.45, 2.75) is 6.61 Å². The fraction of sp³-hybridized carbons (Fsp3) is 0.120. The first-order chi connectivity index (χ1) is 15.0. The smallest absolute Gasteiger partial charge is 0.337 e. The van der Waals surface area contributed by atoms with Crippen LogP contribution in [0.5, 0.6) is 5.75 Å². The number of hydrogen-bond acceptors (Lipinski definition) is 4. The summed E-state index contributed by atoms with van der Waals surface area (Å²) in [5.41, 5.74) is 4.61. The van der Waals surface area contributed by atoms with E-state index in [9.17, 15) is 9.59 Å². The van der Waals surface area contributed by atoms with Crippen LogP contribution in [0.4, 0.5) is 5.69 Å². The normalized spacial score (nSPS) is 14.0. The van der Waals surface area contributed by atoms with Gasteiger partial charge in [0.1, 0.15) is 12.4 Å². The molecule has 1 aliphatic heterocycles. The molecule has 0 saturated carbocycles. The van der Waals surface area contributed by atoms with Gasteiger partial charge < -0.3 is 14.4 Å². The Labute approximate surface area is 189 Å². The van der Waals surface area contributed by atoms with Crippen LogP contribution in [0.1, 0.15) is 27.0 Å². The minimum absolute atomic E-state index is 0.0543. The van der Waals surface area contributed by atoms with E-state index in [4.69, 9.17) is 9.47 Å². The lowest BCUT2D eigenvalue weighted by molar-refractivity contribution is -0.112. The van der Waals surface area contributed by atoms with Crippen molar-refractivity contribution in [2.75, 3.05) is 19.1 Å². The van der Waals surface area contributed by atoms with Crippen LogP contribution < -0.4 is 9.64 Å². The molecule has 0 unspecified atom stereocenters. The Morgan fingerprint density at radius 1 is 1.06 bits per heavy atom. The van der Waals surface area contributed by atoms with Gasteiger partial charge in [0.2, 0.25) is 0 Å². The van der Waals surface area contributed by atoms with E-state index in [-0.39, 0.29) is 11.9 Å². The van der Waals surface area contributed by atoms with E-state index in [1.54, 1.807) is 24.1 Å². The van der Waals surface area contributed by atoms with Gasteiger partial charge in [-0.3, -0.25) is 4.79 Å². The summed E-state index contributed by atoms with van der Waals surface area (Å²) in [6, 6.07) is 20.5. The van der Waals surface area contributed by atoms with Crippen molar-refractivity contribution in [3.63, 3.8) is 0 Å². The van der Waals surface area contributed by atoms with Gasteiger partial charge in [0.15, 0.2) is 0 Å². The molecule has 0 radical (unpaired) electrons. The lowest BCUT2D eigenvalue weighted by Gasteiger charge is -2.10. The number of carbonyl (C=O) groups excluding carboxylic acids is 2. The number of ether oxygens (including phenoxy) is 2. The van der Waals surface area contributed by atoms with Crippen LogP contribution >= 0.6 is 15.9 Å². The number of anilines is 1. The second-order valence-corrected chi connectivity index (χ2v) is 8.01. The highest BCUT2D eigenvalue weighted by Gasteiger charge is 2.29. The first-order valence-corrected chi connectivity index (χ1v) is 10.5. The van der Waals surface area contributed by atoms with Gasteiger partial charge in [-0.25, -0.2) is 4.79 Å². The monoisotopic (exact) mass is 477 g/mol. The number of fused-ring (bicyclic) bond motifs is 1. The molecule has 0 N–H and O–H groups in total. The fourth-order valence-corrected chi connectivity index (χ4v) is 3.83. The molecule has 4 rings (SSSR count). The van der Waals surface area contributed by atoms with Crippen molar-refractivity contribution < 1.29 is 19.1 Å². The van der Waals surface area contributed by atoms with Crippen LogP contribution in [0.3, 0.4) is 0 Å². The second kappa shape index (κ2) is 8.78. The average molecular weight is 478 g/mol. The van der Waals surface area contributed by atoms with Crippen molar-refractivity contribution in [1.82, 2.24) is 0 Å². The van der Waals surface area contributed by atoms with Crippen LogP contribution in [0.2, 0.25) is 0 Å². The fourth-order valence-electron chi connectivity index (χ4n) is 3.46. The number of likely N-dealkylation sites (N-methyl/N-ethyl adjacent to an activating group) is 1. The summed E-state index contributed by atoms with van der Waals surface area (Å²) in [5, 5.41) is 0. The summed E-state index contributed by atoms with van der Waals surface area (Å²) < 4.78 is 11.7. The molecule has 0 saturated heterocycles. The van der Waals surface area contributed by atoms with Gasteiger partial charge >= 0.3 is 5.97 Å². The Hall–Kier alpha value is -3.38. The molecule has 1 amide bonds. The molecule has 0 bridgehead atoms. The van der Waals surface area contributed by atoms with Crippen LogP contribution in [0.25, 0.3) is 11.6 Å². The quantitative estimate of drug-likeness (QED) is 0.368. The minimum atomic E-state index is -0.373. The van der Waals surface area contributed by atoms with E-state index in [1.165, 1.54) is 7.11 Å². The molecule has 5 nitrogen and oxygen atoms in total. The highest BCUT2D eigenvalue weighted by atomic mass is 79.9. The van der Waals surface area contributed by atoms with Gasteiger partial charge in [-0.1, -0.05) is 46.3 Å². The summed E-state index contributed by atoms with van der Waals surface area (Å²) in [5.74, 6) is 0.245. The molecule has 0 spiro atoms.